The van der Waals surface area contributed by atoms with Gasteiger partial charge in [-0.1, -0.05) is 17.7 Å². The lowest BCUT2D eigenvalue weighted by Crippen LogP contribution is -2.24. The molecule has 0 atom stereocenters. The van der Waals surface area contributed by atoms with Crippen LogP contribution in [-0.4, -0.2) is 20.9 Å². The third-order valence-electron chi connectivity index (χ3n) is 4.35. The fourth-order valence-corrected chi connectivity index (χ4v) is 4.47. The summed E-state index contributed by atoms with van der Waals surface area (Å²) in [6.07, 6.45) is 1.36. The Hall–Kier alpha value is -2.05. The predicted molar refractivity (Wildman–Crippen MR) is 99.8 cm³/mol. The van der Waals surface area contributed by atoms with E-state index >= 15 is 0 Å². The zero-order valence-corrected chi connectivity index (χ0v) is 15.6. The summed E-state index contributed by atoms with van der Waals surface area (Å²) in [6.45, 7) is 4.16. The van der Waals surface area contributed by atoms with Crippen LogP contribution in [0.3, 0.4) is 0 Å². The molecule has 2 aromatic carbocycles. The van der Waals surface area contributed by atoms with Crippen LogP contribution in [0, 0.1) is 13.8 Å². The van der Waals surface area contributed by atoms with Gasteiger partial charge in [-0.05, 0) is 61.7 Å². The normalized spacial score (nSPS) is 14.8. The number of hydrogen-bond acceptors (Lipinski definition) is 3. The lowest BCUT2D eigenvalue weighted by Gasteiger charge is -2.18. The van der Waals surface area contributed by atoms with Crippen LogP contribution in [0.4, 0.5) is 11.4 Å². The molecule has 3 rings (SSSR count). The average molecular weight is 379 g/mol. The van der Waals surface area contributed by atoms with Crippen LogP contribution >= 0.6 is 11.6 Å². The monoisotopic (exact) mass is 378 g/mol. The topological polar surface area (TPSA) is 66.5 Å². The van der Waals surface area contributed by atoms with Crippen LogP contribution in [0.15, 0.2) is 41.3 Å². The summed E-state index contributed by atoms with van der Waals surface area (Å²) in [5.41, 5.74) is 2.44. The number of anilines is 2. The Balaban J connectivity index is 1.92. The molecule has 0 aliphatic carbocycles. The Morgan fingerprint density at radius 3 is 2.56 bits per heavy atom. The molecule has 0 aromatic heterocycles. The third kappa shape index (κ3) is 3.50. The largest absolute Gasteiger partial charge is 0.312 e. The van der Waals surface area contributed by atoms with E-state index in [0.29, 0.717) is 34.8 Å². The van der Waals surface area contributed by atoms with Crippen molar-refractivity contribution < 1.29 is 13.2 Å². The first-order valence-electron chi connectivity index (χ1n) is 7.98. The molecule has 1 fully saturated rings. The van der Waals surface area contributed by atoms with Crippen molar-refractivity contribution in [3.8, 4) is 0 Å². The molecule has 25 heavy (non-hydrogen) atoms. The fourth-order valence-electron chi connectivity index (χ4n) is 2.94. The summed E-state index contributed by atoms with van der Waals surface area (Å²) in [4.78, 5) is 13.7. The van der Waals surface area contributed by atoms with E-state index in [9.17, 15) is 13.2 Å². The van der Waals surface area contributed by atoms with Gasteiger partial charge in [-0.15, -0.1) is 0 Å². The highest BCUT2D eigenvalue weighted by atomic mass is 35.5. The maximum absolute atomic E-state index is 12.7. The van der Waals surface area contributed by atoms with Crippen LogP contribution in [0.1, 0.15) is 24.0 Å². The Bertz CT molecular complexity index is 941. The van der Waals surface area contributed by atoms with Gasteiger partial charge in [0.1, 0.15) is 0 Å². The molecule has 0 saturated carbocycles. The van der Waals surface area contributed by atoms with Gasteiger partial charge in [0.25, 0.3) is 10.0 Å². The first-order valence-corrected chi connectivity index (χ1v) is 9.84. The van der Waals surface area contributed by atoms with Gasteiger partial charge in [-0.2, -0.15) is 0 Å². The van der Waals surface area contributed by atoms with Gasteiger partial charge >= 0.3 is 0 Å². The summed E-state index contributed by atoms with van der Waals surface area (Å²) in [5, 5.41) is 0.500. The Morgan fingerprint density at radius 1 is 1.16 bits per heavy atom. The molecule has 7 heteroatoms. The maximum Gasteiger partial charge on any atom is 0.262 e. The summed E-state index contributed by atoms with van der Waals surface area (Å²) >= 11 is 6.05. The molecule has 1 saturated heterocycles. The highest BCUT2D eigenvalue weighted by Crippen LogP contribution is 2.29. The number of carbonyl (C=O) groups excluding carboxylic acids is 1. The first-order chi connectivity index (χ1) is 11.8. The number of rotatable bonds is 4. The van der Waals surface area contributed by atoms with Crippen LogP contribution in [0.2, 0.25) is 5.02 Å². The number of nitrogens with zero attached hydrogens (tertiary/aromatic N) is 1. The van der Waals surface area contributed by atoms with Gasteiger partial charge < -0.3 is 4.90 Å². The summed E-state index contributed by atoms with van der Waals surface area (Å²) in [7, 11) is -3.75. The second-order valence-corrected chi connectivity index (χ2v) is 8.17. The SMILES string of the molecule is Cc1cc(N2CCCC2=O)ccc1S(=O)(=O)Nc1cccc(Cl)c1C. The Labute approximate surface area is 152 Å². The van der Waals surface area contributed by atoms with Gasteiger partial charge in [0, 0.05) is 23.7 Å². The molecule has 1 amide bonds. The Morgan fingerprint density at radius 2 is 1.92 bits per heavy atom. The molecule has 1 aliphatic heterocycles. The number of amides is 1. The quantitative estimate of drug-likeness (QED) is 0.877. The number of aryl methyl sites for hydroxylation is 1. The number of hydrogen-bond donors (Lipinski definition) is 1. The van der Waals surface area contributed by atoms with E-state index < -0.39 is 10.0 Å². The van der Waals surface area contributed by atoms with E-state index in [1.165, 1.54) is 0 Å². The highest BCUT2D eigenvalue weighted by Gasteiger charge is 2.24. The van der Waals surface area contributed by atoms with Gasteiger partial charge in [0.15, 0.2) is 0 Å². The molecule has 0 spiro atoms. The molecular formula is C18H19ClN2O3S. The third-order valence-corrected chi connectivity index (χ3v) is 6.28. The van der Waals surface area contributed by atoms with Crippen molar-refractivity contribution >= 4 is 38.9 Å². The zero-order valence-electron chi connectivity index (χ0n) is 14.0. The average Bonchev–Trinajstić information content (AvgIpc) is 2.97. The molecule has 132 valence electrons. The molecule has 0 bridgehead atoms. The molecule has 1 heterocycles. The van der Waals surface area contributed by atoms with E-state index in [1.807, 2.05) is 0 Å². The van der Waals surface area contributed by atoms with Crippen molar-refractivity contribution in [2.45, 2.75) is 31.6 Å². The van der Waals surface area contributed by atoms with E-state index in [4.69, 9.17) is 11.6 Å². The second kappa shape index (κ2) is 6.69. The van der Waals surface area contributed by atoms with Crippen molar-refractivity contribution in [3.63, 3.8) is 0 Å². The summed E-state index contributed by atoms with van der Waals surface area (Å²) in [6, 6.07) is 10.0. The lowest BCUT2D eigenvalue weighted by atomic mass is 10.2. The van der Waals surface area contributed by atoms with Crippen molar-refractivity contribution in [2.24, 2.45) is 0 Å². The van der Waals surface area contributed by atoms with Crippen molar-refractivity contribution in [1.29, 1.82) is 0 Å². The van der Waals surface area contributed by atoms with Crippen molar-refractivity contribution in [3.05, 3.63) is 52.5 Å². The van der Waals surface area contributed by atoms with Gasteiger partial charge in [-0.25, -0.2) is 8.42 Å². The maximum atomic E-state index is 12.7. The molecule has 1 aliphatic rings. The minimum Gasteiger partial charge on any atom is -0.312 e. The Kier molecular flexibility index (Phi) is 4.75. The molecule has 2 aromatic rings. The number of benzene rings is 2. The standard InChI is InChI=1S/C18H19ClN2O3S/c1-12-11-14(21-10-4-7-18(21)22)8-9-17(12)25(23,24)20-16-6-3-5-15(19)13(16)2/h3,5-6,8-9,11,20H,4,7,10H2,1-2H3. The molecule has 5 nitrogen and oxygen atoms in total. The summed E-state index contributed by atoms with van der Waals surface area (Å²) < 4.78 is 28.1. The fraction of sp³-hybridized carbons (Fsp3) is 0.278. The van der Waals surface area contributed by atoms with Crippen LogP contribution in [0.25, 0.3) is 0 Å². The molecule has 1 N–H and O–H groups in total. The van der Waals surface area contributed by atoms with Crippen LogP contribution in [-0.2, 0) is 14.8 Å². The highest BCUT2D eigenvalue weighted by molar-refractivity contribution is 7.92. The van der Waals surface area contributed by atoms with E-state index in [1.54, 1.807) is 55.1 Å². The zero-order chi connectivity index (χ0) is 18.2. The molecule has 0 unspecified atom stereocenters. The predicted octanol–water partition coefficient (Wildman–Crippen LogP) is 3.88. The number of sulfonamides is 1. The number of nitrogens with one attached hydrogen (secondary N) is 1. The van der Waals surface area contributed by atoms with Gasteiger partial charge in [-0.3, -0.25) is 9.52 Å². The van der Waals surface area contributed by atoms with E-state index in [-0.39, 0.29) is 10.8 Å². The number of halogens is 1. The van der Waals surface area contributed by atoms with Gasteiger partial charge in [0.05, 0.1) is 10.6 Å². The number of carbonyl (C=O) groups is 1. The van der Waals surface area contributed by atoms with Gasteiger partial charge in [0.2, 0.25) is 5.91 Å². The van der Waals surface area contributed by atoms with Crippen molar-refractivity contribution in [1.82, 2.24) is 0 Å². The van der Waals surface area contributed by atoms with E-state index in [0.717, 1.165) is 12.1 Å². The van der Waals surface area contributed by atoms with Crippen molar-refractivity contribution in [2.75, 3.05) is 16.2 Å². The minimum absolute atomic E-state index is 0.0719. The first kappa shape index (κ1) is 17.8. The van der Waals surface area contributed by atoms with Crippen LogP contribution < -0.4 is 9.62 Å². The molecule has 0 radical (unpaired) electrons. The second-order valence-electron chi connectivity index (χ2n) is 6.12. The minimum atomic E-state index is -3.75. The lowest BCUT2D eigenvalue weighted by molar-refractivity contribution is -0.117. The smallest absolute Gasteiger partial charge is 0.262 e. The van der Waals surface area contributed by atoms with Crippen LogP contribution in [0.5, 0.6) is 0 Å². The summed E-state index contributed by atoms with van der Waals surface area (Å²) in [5.74, 6) is 0.0719. The molecular weight excluding hydrogens is 360 g/mol. The van der Waals surface area contributed by atoms with E-state index in [2.05, 4.69) is 4.72 Å².